The van der Waals surface area contributed by atoms with Crippen LogP contribution in [0, 0.1) is 5.92 Å². The summed E-state index contributed by atoms with van der Waals surface area (Å²) in [6.45, 7) is 3.58. The van der Waals surface area contributed by atoms with Crippen LogP contribution in [0.2, 0.25) is 10.0 Å². The minimum atomic E-state index is -0.516. The van der Waals surface area contributed by atoms with Crippen LogP contribution in [0.5, 0.6) is 11.5 Å². The molecule has 7 heteroatoms. The monoisotopic (exact) mass is 396 g/mol. The first-order valence-electron chi connectivity index (χ1n) is 7.94. The maximum absolute atomic E-state index is 12.6. The van der Waals surface area contributed by atoms with Crippen LogP contribution in [-0.2, 0) is 9.68 Å². The fourth-order valence-corrected chi connectivity index (χ4v) is 2.44. The molecule has 0 aliphatic heterocycles. The van der Waals surface area contributed by atoms with Crippen molar-refractivity contribution in [1.29, 1.82) is 0 Å². The predicted octanol–water partition coefficient (Wildman–Crippen LogP) is 5.12. The van der Waals surface area contributed by atoms with E-state index in [0.717, 1.165) is 0 Å². The van der Waals surface area contributed by atoms with Crippen LogP contribution < -0.4 is 9.62 Å². The van der Waals surface area contributed by atoms with Gasteiger partial charge in [-0.15, -0.1) is 0 Å². The molecule has 2 rings (SSSR count). The molecule has 0 bridgehead atoms. The summed E-state index contributed by atoms with van der Waals surface area (Å²) in [6, 6.07) is 9.50. The largest absolute Gasteiger partial charge is 0.497 e. The zero-order chi connectivity index (χ0) is 19.3. The summed E-state index contributed by atoms with van der Waals surface area (Å²) in [4.78, 5) is 34.0. The topological polar surface area (TPSA) is 61.8 Å². The molecule has 1 atom stereocenters. The lowest BCUT2D eigenvalue weighted by molar-refractivity contribution is -0.218. The minimum absolute atomic E-state index is 0.0111. The summed E-state index contributed by atoms with van der Waals surface area (Å²) >= 11 is 12.4. The zero-order valence-electron chi connectivity index (χ0n) is 14.5. The number of carbonyl (C=O) groups is 2. The van der Waals surface area contributed by atoms with E-state index < -0.39 is 5.97 Å². The van der Waals surface area contributed by atoms with Gasteiger partial charge in [-0.25, -0.2) is 4.79 Å². The molecule has 26 heavy (non-hydrogen) atoms. The molecule has 0 heterocycles. The first-order valence-corrected chi connectivity index (χ1v) is 8.69. The molecule has 0 saturated heterocycles. The number of hydrogen-bond acceptors (Lipinski definition) is 5. The van der Waals surface area contributed by atoms with E-state index in [1.807, 2.05) is 6.92 Å². The van der Waals surface area contributed by atoms with Gasteiger partial charge in [0.05, 0.1) is 18.1 Å². The Bertz CT molecular complexity index is 802. The molecule has 0 N–H and O–H groups in total. The van der Waals surface area contributed by atoms with Crippen molar-refractivity contribution < 1.29 is 24.1 Å². The second-order valence-electron chi connectivity index (χ2n) is 5.59. The fourth-order valence-electron chi connectivity index (χ4n) is 2.00. The lowest BCUT2D eigenvalue weighted by Gasteiger charge is -2.11. The van der Waals surface area contributed by atoms with Crippen molar-refractivity contribution >= 4 is 35.0 Å². The van der Waals surface area contributed by atoms with Gasteiger partial charge >= 0.3 is 5.97 Å². The summed E-state index contributed by atoms with van der Waals surface area (Å²) in [5.74, 6) is -0.432. The number of hydrogen-bond donors (Lipinski definition) is 0. The van der Waals surface area contributed by atoms with Gasteiger partial charge in [-0.1, -0.05) is 37.0 Å². The molecule has 0 radical (unpaired) electrons. The molecule has 0 aromatic heterocycles. The van der Waals surface area contributed by atoms with Crippen LogP contribution in [0.25, 0.3) is 0 Å². The highest BCUT2D eigenvalue weighted by Gasteiger charge is 2.20. The van der Waals surface area contributed by atoms with Crippen LogP contribution >= 0.6 is 23.2 Å². The summed E-state index contributed by atoms with van der Waals surface area (Å²) in [5, 5.41) is 0.00699. The highest BCUT2D eigenvalue weighted by atomic mass is 35.5. The van der Waals surface area contributed by atoms with E-state index in [0.29, 0.717) is 17.7 Å². The van der Waals surface area contributed by atoms with Crippen molar-refractivity contribution in [2.24, 2.45) is 5.92 Å². The van der Waals surface area contributed by atoms with Crippen molar-refractivity contribution in [3.05, 3.63) is 57.6 Å². The first-order chi connectivity index (χ1) is 12.4. The van der Waals surface area contributed by atoms with E-state index in [1.165, 1.54) is 12.1 Å². The van der Waals surface area contributed by atoms with Crippen LogP contribution in [0.3, 0.4) is 0 Å². The lowest BCUT2D eigenvalue weighted by atomic mass is 10.0. The first kappa shape index (κ1) is 20.1. The molecule has 2 aromatic carbocycles. The van der Waals surface area contributed by atoms with Gasteiger partial charge in [0.2, 0.25) is 0 Å². The summed E-state index contributed by atoms with van der Waals surface area (Å²) < 4.78 is 5.07. The predicted molar refractivity (Wildman–Crippen MR) is 99.1 cm³/mol. The van der Waals surface area contributed by atoms with Gasteiger partial charge in [0.1, 0.15) is 10.8 Å². The Kier molecular flexibility index (Phi) is 6.89. The summed E-state index contributed by atoms with van der Waals surface area (Å²) in [7, 11) is 1.54. The van der Waals surface area contributed by atoms with Gasteiger partial charge in [0.15, 0.2) is 11.5 Å². The van der Waals surface area contributed by atoms with Crippen LogP contribution in [0.4, 0.5) is 0 Å². The third-order valence-electron chi connectivity index (χ3n) is 3.87. The van der Waals surface area contributed by atoms with Gasteiger partial charge in [0, 0.05) is 11.1 Å². The Morgan fingerprint density at radius 2 is 1.69 bits per heavy atom. The molecule has 0 saturated carbocycles. The van der Waals surface area contributed by atoms with Crippen molar-refractivity contribution in [3.63, 3.8) is 0 Å². The number of ether oxygens (including phenoxy) is 1. The zero-order valence-corrected chi connectivity index (χ0v) is 16.1. The number of rotatable bonds is 7. The Hall–Kier alpha value is -2.24. The van der Waals surface area contributed by atoms with Gasteiger partial charge < -0.3 is 4.74 Å². The molecule has 0 spiro atoms. The van der Waals surface area contributed by atoms with E-state index in [9.17, 15) is 9.59 Å². The Morgan fingerprint density at radius 3 is 2.27 bits per heavy atom. The average Bonchev–Trinajstić information content (AvgIpc) is 2.67. The SMILES string of the molecule is CCC(C)C(=O)OOc1ccc(C(=O)c2ccc(OC)cc2)c(Cl)c1Cl. The van der Waals surface area contributed by atoms with Gasteiger partial charge in [-0.05, 0) is 42.8 Å². The van der Waals surface area contributed by atoms with Crippen molar-refractivity contribution in [1.82, 2.24) is 0 Å². The molecule has 138 valence electrons. The van der Waals surface area contributed by atoms with E-state index in [1.54, 1.807) is 38.3 Å². The maximum atomic E-state index is 12.6. The number of benzene rings is 2. The van der Waals surface area contributed by atoms with Crippen molar-refractivity contribution in [2.45, 2.75) is 20.3 Å². The Morgan fingerprint density at radius 1 is 1.04 bits per heavy atom. The number of carbonyl (C=O) groups excluding carboxylic acids is 2. The van der Waals surface area contributed by atoms with Crippen molar-refractivity contribution in [3.8, 4) is 11.5 Å². The molecular weight excluding hydrogens is 379 g/mol. The van der Waals surface area contributed by atoms with Crippen LogP contribution in [0.1, 0.15) is 36.2 Å². The second-order valence-corrected chi connectivity index (χ2v) is 6.35. The third kappa shape index (κ3) is 4.48. The molecular formula is C19H18Cl2O5. The summed E-state index contributed by atoms with van der Waals surface area (Å²) in [6.07, 6.45) is 0.617. The number of ketones is 1. The smallest absolute Gasteiger partial charge is 0.358 e. The highest BCUT2D eigenvalue weighted by molar-refractivity contribution is 6.45. The number of halogens is 2. The molecule has 1 unspecified atom stereocenters. The van der Waals surface area contributed by atoms with Crippen molar-refractivity contribution in [2.75, 3.05) is 7.11 Å². The van der Waals surface area contributed by atoms with Gasteiger partial charge in [-0.2, -0.15) is 0 Å². The Labute approximate surface area is 161 Å². The van der Waals surface area contributed by atoms with Crippen LogP contribution in [0.15, 0.2) is 36.4 Å². The highest BCUT2D eigenvalue weighted by Crippen LogP contribution is 2.36. The van der Waals surface area contributed by atoms with E-state index in [-0.39, 0.29) is 33.1 Å². The minimum Gasteiger partial charge on any atom is -0.497 e. The average molecular weight is 397 g/mol. The second kappa shape index (κ2) is 8.92. The molecule has 0 amide bonds. The van der Waals surface area contributed by atoms with Crippen LogP contribution in [-0.4, -0.2) is 18.9 Å². The van der Waals surface area contributed by atoms with Gasteiger partial charge in [-0.3, -0.25) is 14.6 Å². The fraction of sp³-hybridized carbons (Fsp3) is 0.263. The molecule has 0 fully saturated rings. The molecule has 0 aliphatic rings. The third-order valence-corrected chi connectivity index (χ3v) is 4.74. The van der Waals surface area contributed by atoms with E-state index >= 15 is 0 Å². The maximum Gasteiger partial charge on any atom is 0.358 e. The molecule has 0 aliphatic carbocycles. The van der Waals surface area contributed by atoms with E-state index in [4.69, 9.17) is 37.7 Å². The summed E-state index contributed by atoms with van der Waals surface area (Å²) in [5.41, 5.74) is 0.642. The normalized spacial score (nSPS) is 11.6. The lowest BCUT2D eigenvalue weighted by Crippen LogP contribution is -2.16. The van der Waals surface area contributed by atoms with E-state index in [2.05, 4.69) is 0 Å². The Balaban J connectivity index is 2.20. The van der Waals surface area contributed by atoms with Gasteiger partial charge in [0.25, 0.3) is 0 Å². The molecule has 2 aromatic rings. The number of methoxy groups -OCH3 is 1. The molecule has 5 nitrogen and oxygen atoms in total. The quantitative estimate of drug-likeness (QED) is 0.369. The standard InChI is InChI=1S/C19H18Cl2O5/c1-4-11(2)19(23)26-25-15-10-9-14(16(20)17(15)21)18(22)12-5-7-13(24-3)8-6-12/h5-11H,4H2,1-3H3.